The molecule has 0 saturated heterocycles. The van der Waals surface area contributed by atoms with Crippen LogP contribution in [0.1, 0.15) is 10.4 Å². The van der Waals surface area contributed by atoms with E-state index >= 15 is 0 Å². The Morgan fingerprint density at radius 2 is 1.78 bits per heavy atom. The van der Waals surface area contributed by atoms with Crippen LogP contribution in [0.25, 0.3) is 0 Å². The maximum Gasteiger partial charge on any atom is 0.499 e. The maximum atomic E-state index is 10.1. The van der Waals surface area contributed by atoms with Gasteiger partial charge in [-0.2, -0.15) is 0 Å². The van der Waals surface area contributed by atoms with Crippen LogP contribution < -0.4 is 4.78 Å². The molecule has 0 aliphatic carbocycles. The molecule has 18 heavy (non-hydrogen) atoms. The van der Waals surface area contributed by atoms with Crippen LogP contribution in [0.15, 0.2) is 40.9 Å². The smallest absolute Gasteiger partial charge is 0.423 e. The molecule has 0 spiro atoms. The summed E-state index contributed by atoms with van der Waals surface area (Å²) in [6, 6.07) is 10.4. The van der Waals surface area contributed by atoms with Crippen molar-refractivity contribution >= 4 is 57.0 Å². The molecule has 1 aromatic heterocycles. The SMILES string of the molecule is O=Cc1ccc(Br)cc1.OB(O)c1ccc(Cl)s1. The van der Waals surface area contributed by atoms with Gasteiger partial charge in [0.25, 0.3) is 0 Å². The third kappa shape index (κ3) is 5.33. The zero-order chi connectivity index (χ0) is 13.5. The van der Waals surface area contributed by atoms with Crippen molar-refractivity contribution in [3.8, 4) is 0 Å². The Bertz CT molecular complexity index is 501. The summed E-state index contributed by atoms with van der Waals surface area (Å²) in [4.78, 5) is 10.1. The average molecular weight is 347 g/mol. The number of benzene rings is 1. The summed E-state index contributed by atoms with van der Waals surface area (Å²) in [5.41, 5.74) is 0.707. The van der Waals surface area contributed by atoms with Crippen LogP contribution >= 0.6 is 38.9 Å². The average Bonchev–Trinajstić information content (AvgIpc) is 2.78. The molecule has 0 amide bonds. The molecule has 7 heteroatoms. The van der Waals surface area contributed by atoms with E-state index in [1.807, 2.05) is 12.1 Å². The first-order valence-corrected chi connectivity index (χ1v) is 6.84. The molecule has 0 aliphatic rings. The Hall–Kier alpha value is -0.655. The Morgan fingerprint density at radius 1 is 1.17 bits per heavy atom. The molecule has 0 fully saturated rings. The monoisotopic (exact) mass is 346 g/mol. The molecule has 0 atom stereocenters. The summed E-state index contributed by atoms with van der Waals surface area (Å²) in [6.07, 6.45) is 0.826. The van der Waals surface area contributed by atoms with Crippen LogP contribution in [-0.4, -0.2) is 23.5 Å². The summed E-state index contributed by atoms with van der Waals surface area (Å²) in [7, 11) is -1.39. The van der Waals surface area contributed by atoms with Crippen LogP contribution in [0.5, 0.6) is 0 Å². The van der Waals surface area contributed by atoms with Gasteiger partial charge in [-0.15, -0.1) is 11.3 Å². The Morgan fingerprint density at radius 3 is 2.11 bits per heavy atom. The summed E-state index contributed by atoms with van der Waals surface area (Å²) in [5.74, 6) is 0. The standard InChI is InChI=1S/C7H5BrO.C4H4BClO2S/c8-7-3-1-6(5-9)2-4-7;6-4-2-1-3(9-4)5(7)8/h1-5H;1-2,7-8H. The normalized spacial score (nSPS) is 9.33. The second-order valence-electron chi connectivity index (χ2n) is 3.18. The first-order valence-electron chi connectivity index (χ1n) is 4.85. The quantitative estimate of drug-likeness (QED) is 0.648. The van der Waals surface area contributed by atoms with Crippen LogP contribution in [0, 0.1) is 0 Å². The zero-order valence-electron chi connectivity index (χ0n) is 9.09. The van der Waals surface area contributed by atoms with E-state index in [4.69, 9.17) is 21.6 Å². The third-order valence-corrected chi connectivity index (χ3v) is 3.65. The second kappa shape index (κ2) is 7.71. The number of hydrogen-bond donors (Lipinski definition) is 2. The highest BCUT2D eigenvalue weighted by Gasteiger charge is 2.12. The van der Waals surface area contributed by atoms with Crippen molar-refractivity contribution in [3.63, 3.8) is 0 Å². The van der Waals surface area contributed by atoms with Crippen LogP contribution in [0.3, 0.4) is 0 Å². The molecule has 0 unspecified atom stereocenters. The zero-order valence-corrected chi connectivity index (χ0v) is 12.2. The Labute approximate surface area is 122 Å². The highest BCUT2D eigenvalue weighted by molar-refractivity contribution is 9.10. The lowest BCUT2D eigenvalue weighted by Crippen LogP contribution is -2.26. The lowest BCUT2D eigenvalue weighted by molar-refractivity contribution is 0.112. The molecular weight excluding hydrogens is 338 g/mol. The van der Waals surface area contributed by atoms with Crippen molar-refractivity contribution < 1.29 is 14.8 Å². The van der Waals surface area contributed by atoms with Crippen molar-refractivity contribution in [3.05, 3.63) is 50.8 Å². The molecule has 1 heterocycles. The molecule has 2 aromatic rings. The molecule has 94 valence electrons. The first kappa shape index (κ1) is 15.4. The highest BCUT2D eigenvalue weighted by Crippen LogP contribution is 2.12. The van der Waals surface area contributed by atoms with Gasteiger partial charge in [0.2, 0.25) is 0 Å². The van der Waals surface area contributed by atoms with E-state index in [2.05, 4.69) is 15.9 Å². The van der Waals surface area contributed by atoms with E-state index in [9.17, 15) is 4.79 Å². The van der Waals surface area contributed by atoms with Gasteiger partial charge in [0.1, 0.15) is 6.29 Å². The number of halogens is 2. The van der Waals surface area contributed by atoms with Crippen molar-refractivity contribution in [2.75, 3.05) is 0 Å². The van der Waals surface area contributed by atoms with Gasteiger partial charge in [0, 0.05) is 14.8 Å². The van der Waals surface area contributed by atoms with E-state index < -0.39 is 7.12 Å². The lowest BCUT2D eigenvalue weighted by Gasteiger charge is -1.87. The molecule has 0 radical (unpaired) electrons. The summed E-state index contributed by atoms with van der Waals surface area (Å²) in [5, 5.41) is 17.1. The van der Waals surface area contributed by atoms with Crippen molar-refractivity contribution in [2.24, 2.45) is 0 Å². The first-order chi connectivity index (χ1) is 8.52. The fourth-order valence-electron chi connectivity index (χ4n) is 1.01. The fourth-order valence-corrected chi connectivity index (χ4v) is 2.21. The molecule has 2 N–H and O–H groups in total. The van der Waals surface area contributed by atoms with Gasteiger partial charge >= 0.3 is 7.12 Å². The van der Waals surface area contributed by atoms with E-state index in [-0.39, 0.29) is 0 Å². The van der Waals surface area contributed by atoms with Crippen molar-refractivity contribution in [1.29, 1.82) is 0 Å². The van der Waals surface area contributed by atoms with Crippen LogP contribution in [-0.2, 0) is 0 Å². The Balaban J connectivity index is 0.000000180. The molecule has 0 aliphatic heterocycles. The van der Waals surface area contributed by atoms with Gasteiger partial charge < -0.3 is 10.0 Å². The topological polar surface area (TPSA) is 57.5 Å². The summed E-state index contributed by atoms with van der Waals surface area (Å²) < 4.78 is 2.03. The summed E-state index contributed by atoms with van der Waals surface area (Å²) >= 11 is 9.92. The molecule has 0 bridgehead atoms. The summed E-state index contributed by atoms with van der Waals surface area (Å²) in [6.45, 7) is 0. The van der Waals surface area contributed by atoms with Gasteiger partial charge in [-0.1, -0.05) is 45.7 Å². The minimum atomic E-state index is -1.39. The number of aldehydes is 1. The molecule has 0 saturated carbocycles. The Kier molecular flexibility index (Phi) is 6.60. The number of thiophene rings is 1. The predicted octanol–water partition coefficient (Wildman–Crippen LogP) is 2.34. The highest BCUT2D eigenvalue weighted by atomic mass is 79.9. The molecule has 2 rings (SSSR count). The largest absolute Gasteiger partial charge is 0.499 e. The van der Waals surface area contributed by atoms with Gasteiger partial charge in [-0.25, -0.2) is 0 Å². The van der Waals surface area contributed by atoms with E-state index in [1.54, 1.807) is 24.3 Å². The third-order valence-electron chi connectivity index (χ3n) is 1.85. The van der Waals surface area contributed by atoms with Crippen molar-refractivity contribution in [1.82, 2.24) is 0 Å². The predicted molar refractivity (Wildman–Crippen MR) is 78.7 cm³/mol. The fraction of sp³-hybridized carbons (Fsp3) is 0. The minimum absolute atomic E-state index is 0.472. The number of rotatable bonds is 2. The van der Waals surface area contributed by atoms with E-state index in [0.717, 1.165) is 22.1 Å². The molecular formula is C11H9BBrClO3S. The van der Waals surface area contributed by atoms with Gasteiger partial charge in [-0.05, 0) is 18.2 Å². The minimum Gasteiger partial charge on any atom is -0.423 e. The number of carbonyl (C=O) groups is 1. The maximum absolute atomic E-state index is 10.1. The number of hydrogen-bond acceptors (Lipinski definition) is 4. The van der Waals surface area contributed by atoms with Crippen LogP contribution in [0.4, 0.5) is 0 Å². The van der Waals surface area contributed by atoms with Crippen molar-refractivity contribution in [2.45, 2.75) is 0 Å². The molecule has 3 nitrogen and oxygen atoms in total. The van der Waals surface area contributed by atoms with Gasteiger partial charge in [0.15, 0.2) is 0 Å². The van der Waals surface area contributed by atoms with Gasteiger partial charge in [0.05, 0.1) is 4.34 Å². The lowest BCUT2D eigenvalue weighted by atomic mass is 9.90. The van der Waals surface area contributed by atoms with Crippen LogP contribution in [0.2, 0.25) is 4.34 Å². The van der Waals surface area contributed by atoms with E-state index in [0.29, 0.717) is 14.7 Å². The van der Waals surface area contributed by atoms with Gasteiger partial charge in [-0.3, -0.25) is 4.79 Å². The second-order valence-corrected chi connectivity index (χ2v) is 5.85. The molecule has 1 aromatic carbocycles. The number of carbonyl (C=O) groups excluding carboxylic acids is 1. The van der Waals surface area contributed by atoms with E-state index in [1.165, 1.54) is 0 Å².